The van der Waals surface area contributed by atoms with Crippen LogP contribution in [-0.4, -0.2) is 6.29 Å². The number of halogens is 2. The summed E-state index contributed by atoms with van der Waals surface area (Å²) in [7, 11) is 0. The first-order valence-corrected chi connectivity index (χ1v) is 6.87. The molecule has 2 aromatic carbocycles. The van der Waals surface area contributed by atoms with Gasteiger partial charge in [0.2, 0.25) is 0 Å². The van der Waals surface area contributed by atoms with Crippen LogP contribution >= 0.6 is 31.9 Å². The summed E-state index contributed by atoms with van der Waals surface area (Å²) in [6.45, 7) is 2.00. The third-order valence-electron chi connectivity index (χ3n) is 2.46. The van der Waals surface area contributed by atoms with Crippen LogP contribution in [0.1, 0.15) is 15.9 Å². The number of benzene rings is 2. The fourth-order valence-corrected chi connectivity index (χ4v) is 2.18. The third-order valence-corrected chi connectivity index (χ3v) is 4.04. The molecule has 0 aliphatic heterocycles. The second-order valence-corrected chi connectivity index (χ2v) is 5.52. The van der Waals surface area contributed by atoms with Gasteiger partial charge >= 0.3 is 0 Å². The van der Waals surface area contributed by atoms with E-state index in [1.165, 1.54) is 0 Å². The number of rotatable bonds is 3. The summed E-state index contributed by atoms with van der Waals surface area (Å²) in [5.74, 6) is 1.45. The molecule has 2 nitrogen and oxygen atoms in total. The minimum atomic E-state index is 0.606. The molecule has 0 aliphatic rings. The molecule has 0 fully saturated rings. The van der Waals surface area contributed by atoms with Gasteiger partial charge < -0.3 is 4.74 Å². The first-order chi connectivity index (χ1) is 8.60. The third kappa shape index (κ3) is 3.00. The lowest BCUT2D eigenvalue weighted by Gasteiger charge is -2.08. The molecule has 0 amide bonds. The van der Waals surface area contributed by atoms with E-state index in [0.29, 0.717) is 11.3 Å². The lowest BCUT2D eigenvalue weighted by Crippen LogP contribution is -1.88. The molecule has 2 aromatic rings. The van der Waals surface area contributed by atoms with Gasteiger partial charge in [-0.1, -0.05) is 15.9 Å². The number of aryl methyl sites for hydroxylation is 1. The van der Waals surface area contributed by atoms with Crippen molar-refractivity contribution in [3.05, 3.63) is 56.5 Å². The maximum atomic E-state index is 10.7. The van der Waals surface area contributed by atoms with Gasteiger partial charge in [0.25, 0.3) is 0 Å². The monoisotopic (exact) mass is 368 g/mol. The minimum absolute atomic E-state index is 0.606. The van der Waals surface area contributed by atoms with Crippen LogP contribution in [0.2, 0.25) is 0 Å². The summed E-state index contributed by atoms with van der Waals surface area (Å²) in [5.41, 5.74) is 1.71. The number of hydrogen-bond donors (Lipinski definition) is 0. The number of hydrogen-bond acceptors (Lipinski definition) is 2. The zero-order valence-corrected chi connectivity index (χ0v) is 12.8. The molecule has 0 atom stereocenters. The molecule has 0 radical (unpaired) electrons. The standard InChI is InChI=1S/C14H10Br2O2/c1-9-6-11(4-5-13(9)15)18-12-3-2-10(8-17)14(16)7-12/h2-8H,1H3. The molecule has 0 saturated heterocycles. The molecule has 0 bridgehead atoms. The summed E-state index contributed by atoms with van der Waals surface area (Å²) in [6.07, 6.45) is 0.803. The molecule has 0 spiro atoms. The summed E-state index contributed by atoms with van der Waals surface area (Å²) in [5, 5.41) is 0. The summed E-state index contributed by atoms with van der Waals surface area (Å²) in [4.78, 5) is 10.7. The van der Waals surface area contributed by atoms with E-state index >= 15 is 0 Å². The van der Waals surface area contributed by atoms with Crippen LogP contribution in [0, 0.1) is 6.92 Å². The molecular formula is C14H10Br2O2. The highest BCUT2D eigenvalue weighted by Gasteiger charge is 2.03. The Kier molecular flexibility index (Phi) is 4.19. The van der Waals surface area contributed by atoms with E-state index in [-0.39, 0.29) is 0 Å². The van der Waals surface area contributed by atoms with E-state index in [4.69, 9.17) is 4.74 Å². The van der Waals surface area contributed by atoms with E-state index in [1.807, 2.05) is 25.1 Å². The number of carbonyl (C=O) groups is 1. The molecule has 4 heteroatoms. The Bertz CT molecular complexity index is 594. The average molecular weight is 370 g/mol. The van der Waals surface area contributed by atoms with Crippen molar-refractivity contribution in [1.82, 2.24) is 0 Å². The molecule has 92 valence electrons. The Morgan fingerprint density at radius 1 is 1.00 bits per heavy atom. The largest absolute Gasteiger partial charge is 0.457 e. The maximum Gasteiger partial charge on any atom is 0.151 e. The van der Waals surface area contributed by atoms with Crippen molar-refractivity contribution < 1.29 is 9.53 Å². The normalized spacial score (nSPS) is 10.2. The van der Waals surface area contributed by atoms with Crippen molar-refractivity contribution in [2.24, 2.45) is 0 Å². The maximum absolute atomic E-state index is 10.7. The molecule has 0 unspecified atom stereocenters. The first-order valence-electron chi connectivity index (χ1n) is 5.29. The fourth-order valence-electron chi connectivity index (χ4n) is 1.48. The summed E-state index contributed by atoms with van der Waals surface area (Å²) >= 11 is 6.77. The van der Waals surface area contributed by atoms with Crippen LogP contribution in [-0.2, 0) is 0 Å². The second kappa shape index (κ2) is 5.67. The summed E-state index contributed by atoms with van der Waals surface area (Å²) < 4.78 is 7.50. The van der Waals surface area contributed by atoms with Gasteiger partial charge in [-0.15, -0.1) is 0 Å². The lowest BCUT2D eigenvalue weighted by atomic mass is 10.2. The van der Waals surface area contributed by atoms with Crippen LogP contribution in [0.15, 0.2) is 45.3 Å². The van der Waals surface area contributed by atoms with Crippen molar-refractivity contribution >= 4 is 38.1 Å². The van der Waals surface area contributed by atoms with Gasteiger partial charge in [0.1, 0.15) is 11.5 Å². The van der Waals surface area contributed by atoms with E-state index in [9.17, 15) is 4.79 Å². The highest BCUT2D eigenvalue weighted by Crippen LogP contribution is 2.28. The zero-order valence-electron chi connectivity index (χ0n) is 9.61. The highest BCUT2D eigenvalue weighted by atomic mass is 79.9. The quantitative estimate of drug-likeness (QED) is 0.701. The van der Waals surface area contributed by atoms with Crippen LogP contribution in [0.4, 0.5) is 0 Å². The minimum Gasteiger partial charge on any atom is -0.457 e. The Morgan fingerprint density at radius 2 is 1.67 bits per heavy atom. The molecular weight excluding hydrogens is 360 g/mol. The first kappa shape index (κ1) is 13.3. The van der Waals surface area contributed by atoms with Crippen molar-refractivity contribution in [3.63, 3.8) is 0 Å². The Labute approximate surface area is 122 Å². The van der Waals surface area contributed by atoms with E-state index in [2.05, 4.69) is 31.9 Å². The van der Waals surface area contributed by atoms with Crippen LogP contribution in [0.25, 0.3) is 0 Å². The predicted octanol–water partition coefficient (Wildman–Crippen LogP) is 5.12. The fraction of sp³-hybridized carbons (Fsp3) is 0.0714. The van der Waals surface area contributed by atoms with Crippen molar-refractivity contribution in [2.75, 3.05) is 0 Å². The SMILES string of the molecule is Cc1cc(Oc2ccc(C=O)c(Br)c2)ccc1Br. The van der Waals surface area contributed by atoms with Gasteiger partial charge in [0, 0.05) is 14.5 Å². The van der Waals surface area contributed by atoms with Gasteiger partial charge in [0.15, 0.2) is 6.29 Å². The van der Waals surface area contributed by atoms with Crippen LogP contribution in [0.5, 0.6) is 11.5 Å². The predicted molar refractivity (Wildman–Crippen MR) is 78.5 cm³/mol. The van der Waals surface area contributed by atoms with Gasteiger partial charge in [-0.3, -0.25) is 4.79 Å². The zero-order chi connectivity index (χ0) is 13.1. The number of aldehydes is 1. The number of ether oxygens (including phenoxy) is 1. The Morgan fingerprint density at radius 3 is 2.28 bits per heavy atom. The summed E-state index contributed by atoms with van der Waals surface area (Å²) in [6, 6.07) is 11.1. The van der Waals surface area contributed by atoms with Crippen LogP contribution < -0.4 is 4.74 Å². The second-order valence-electron chi connectivity index (χ2n) is 3.81. The smallest absolute Gasteiger partial charge is 0.151 e. The van der Waals surface area contributed by atoms with Gasteiger partial charge in [-0.05, 0) is 64.8 Å². The molecule has 18 heavy (non-hydrogen) atoms. The topological polar surface area (TPSA) is 26.3 Å². The number of carbonyl (C=O) groups excluding carboxylic acids is 1. The molecule has 2 rings (SSSR count). The Hall–Kier alpha value is -1.13. The highest BCUT2D eigenvalue weighted by molar-refractivity contribution is 9.10. The molecule has 0 aromatic heterocycles. The van der Waals surface area contributed by atoms with Gasteiger partial charge in [-0.25, -0.2) is 0 Å². The Balaban J connectivity index is 2.25. The van der Waals surface area contributed by atoms with Gasteiger partial charge in [0.05, 0.1) is 0 Å². The van der Waals surface area contributed by atoms with Crippen molar-refractivity contribution in [3.8, 4) is 11.5 Å². The molecule has 0 aliphatic carbocycles. The average Bonchev–Trinajstić information content (AvgIpc) is 2.34. The molecule has 0 N–H and O–H groups in total. The lowest BCUT2D eigenvalue weighted by molar-refractivity contribution is 0.112. The van der Waals surface area contributed by atoms with E-state index < -0.39 is 0 Å². The van der Waals surface area contributed by atoms with Crippen molar-refractivity contribution in [1.29, 1.82) is 0 Å². The van der Waals surface area contributed by atoms with Crippen molar-refractivity contribution in [2.45, 2.75) is 6.92 Å². The van der Waals surface area contributed by atoms with E-state index in [0.717, 1.165) is 26.5 Å². The molecule has 0 saturated carbocycles. The van der Waals surface area contributed by atoms with Gasteiger partial charge in [-0.2, -0.15) is 0 Å². The molecule has 0 heterocycles. The van der Waals surface area contributed by atoms with E-state index in [1.54, 1.807) is 18.2 Å². The van der Waals surface area contributed by atoms with Crippen LogP contribution in [0.3, 0.4) is 0 Å².